The minimum atomic E-state index is 0.169. The third kappa shape index (κ3) is 5.72. The van der Waals surface area contributed by atoms with Gasteiger partial charge in [0.25, 0.3) is 0 Å². The van der Waals surface area contributed by atoms with Crippen molar-refractivity contribution in [1.82, 2.24) is 5.32 Å². The average Bonchev–Trinajstić information content (AvgIpc) is 2.85. The highest BCUT2D eigenvalue weighted by molar-refractivity contribution is 7.99. The van der Waals surface area contributed by atoms with Crippen LogP contribution in [0.2, 0.25) is 0 Å². The van der Waals surface area contributed by atoms with Crippen LogP contribution in [0.1, 0.15) is 50.7 Å². The van der Waals surface area contributed by atoms with Gasteiger partial charge >= 0.3 is 0 Å². The molecule has 106 valence electrons. The maximum absolute atomic E-state index is 11.9. The average molecular weight is 281 g/mol. The largest absolute Gasteiger partial charge is 0.468 e. The second kappa shape index (κ2) is 8.31. The Morgan fingerprint density at radius 3 is 2.68 bits per heavy atom. The molecule has 1 aliphatic rings. The van der Waals surface area contributed by atoms with Gasteiger partial charge in [0.05, 0.1) is 17.8 Å². The minimum Gasteiger partial charge on any atom is -0.468 e. The number of furan rings is 1. The molecule has 1 fully saturated rings. The summed E-state index contributed by atoms with van der Waals surface area (Å²) < 4.78 is 5.24. The number of amides is 1. The first-order valence-electron chi connectivity index (χ1n) is 7.24. The first-order valence-corrected chi connectivity index (χ1v) is 8.39. The Hall–Kier alpha value is -0.900. The van der Waals surface area contributed by atoms with E-state index in [2.05, 4.69) is 5.32 Å². The van der Waals surface area contributed by atoms with E-state index < -0.39 is 0 Å². The van der Waals surface area contributed by atoms with E-state index in [1.807, 2.05) is 12.1 Å². The topological polar surface area (TPSA) is 42.2 Å². The molecule has 0 radical (unpaired) electrons. The summed E-state index contributed by atoms with van der Waals surface area (Å²) in [7, 11) is 0. The van der Waals surface area contributed by atoms with Crippen molar-refractivity contribution in [3.05, 3.63) is 24.2 Å². The van der Waals surface area contributed by atoms with Crippen molar-refractivity contribution >= 4 is 17.7 Å². The van der Waals surface area contributed by atoms with Crippen LogP contribution in [0.25, 0.3) is 0 Å². The van der Waals surface area contributed by atoms with Gasteiger partial charge in [-0.2, -0.15) is 0 Å². The molecule has 0 unspecified atom stereocenters. The molecule has 3 nitrogen and oxygen atoms in total. The van der Waals surface area contributed by atoms with E-state index in [1.165, 1.54) is 32.1 Å². The summed E-state index contributed by atoms with van der Waals surface area (Å²) in [6, 6.07) is 4.22. The molecule has 19 heavy (non-hydrogen) atoms. The van der Waals surface area contributed by atoms with E-state index in [-0.39, 0.29) is 5.91 Å². The number of carbonyl (C=O) groups is 1. The van der Waals surface area contributed by atoms with E-state index in [1.54, 1.807) is 18.0 Å². The SMILES string of the molecule is O=C(CSCc1ccco1)NC1CCCCCCC1. The molecule has 0 spiro atoms. The summed E-state index contributed by atoms with van der Waals surface area (Å²) in [5.41, 5.74) is 0. The molecule has 0 aliphatic heterocycles. The van der Waals surface area contributed by atoms with Gasteiger partial charge in [0.1, 0.15) is 5.76 Å². The third-order valence-corrected chi connectivity index (χ3v) is 4.48. The Kier molecular flexibility index (Phi) is 6.34. The quantitative estimate of drug-likeness (QED) is 0.894. The van der Waals surface area contributed by atoms with Crippen molar-refractivity contribution < 1.29 is 9.21 Å². The standard InChI is InChI=1S/C15H23NO2S/c17-15(12-19-11-14-9-6-10-18-14)16-13-7-4-2-1-3-5-8-13/h6,9-10,13H,1-5,7-8,11-12H2,(H,16,17). The molecule has 1 heterocycles. The maximum atomic E-state index is 11.9. The number of hydrogen-bond acceptors (Lipinski definition) is 3. The molecular formula is C15H23NO2S. The van der Waals surface area contributed by atoms with Gasteiger partial charge in [-0.05, 0) is 25.0 Å². The molecule has 1 aromatic rings. The zero-order chi connectivity index (χ0) is 13.3. The van der Waals surface area contributed by atoms with E-state index in [9.17, 15) is 4.79 Å². The second-order valence-electron chi connectivity index (χ2n) is 5.18. The lowest BCUT2D eigenvalue weighted by Gasteiger charge is -2.20. The first-order chi connectivity index (χ1) is 9.34. The second-order valence-corrected chi connectivity index (χ2v) is 6.17. The summed E-state index contributed by atoms with van der Waals surface area (Å²) in [5, 5.41) is 3.18. The first kappa shape index (κ1) is 14.5. The van der Waals surface area contributed by atoms with Crippen molar-refractivity contribution in [1.29, 1.82) is 0 Å². The van der Waals surface area contributed by atoms with Gasteiger partial charge in [0.15, 0.2) is 0 Å². The van der Waals surface area contributed by atoms with E-state index >= 15 is 0 Å². The van der Waals surface area contributed by atoms with Gasteiger partial charge in [-0.3, -0.25) is 4.79 Å². The predicted molar refractivity (Wildman–Crippen MR) is 79.1 cm³/mol. The number of carbonyl (C=O) groups excluding carboxylic acids is 1. The van der Waals surface area contributed by atoms with Gasteiger partial charge in [0.2, 0.25) is 5.91 Å². The van der Waals surface area contributed by atoms with Crippen LogP contribution in [-0.4, -0.2) is 17.7 Å². The van der Waals surface area contributed by atoms with E-state index in [4.69, 9.17) is 4.42 Å². The third-order valence-electron chi connectivity index (χ3n) is 3.53. The highest BCUT2D eigenvalue weighted by Gasteiger charge is 2.13. The van der Waals surface area contributed by atoms with Crippen molar-refractivity contribution in [2.45, 2.75) is 56.7 Å². The zero-order valence-electron chi connectivity index (χ0n) is 11.4. The summed E-state index contributed by atoms with van der Waals surface area (Å²) in [5.74, 6) is 2.40. The van der Waals surface area contributed by atoms with Gasteiger partial charge in [0, 0.05) is 6.04 Å². The molecule has 1 saturated carbocycles. The molecule has 1 aliphatic carbocycles. The summed E-state index contributed by atoms with van der Waals surface area (Å²) in [6.45, 7) is 0. The van der Waals surface area contributed by atoms with Crippen LogP contribution in [0.15, 0.2) is 22.8 Å². The van der Waals surface area contributed by atoms with E-state index in [0.717, 1.165) is 24.4 Å². The normalized spacial score (nSPS) is 17.7. The maximum Gasteiger partial charge on any atom is 0.230 e. The van der Waals surface area contributed by atoms with Crippen molar-refractivity contribution in [3.63, 3.8) is 0 Å². The molecule has 0 bridgehead atoms. The summed E-state index contributed by atoms with van der Waals surface area (Å²) >= 11 is 1.61. The van der Waals surface area contributed by atoms with Crippen molar-refractivity contribution in [3.8, 4) is 0 Å². The lowest BCUT2D eigenvalue weighted by molar-refractivity contribution is -0.119. The fraction of sp³-hybridized carbons (Fsp3) is 0.667. The Labute approximate surface area is 119 Å². The molecule has 1 amide bonds. The Morgan fingerprint density at radius 2 is 2.00 bits per heavy atom. The number of thioether (sulfide) groups is 1. The molecule has 1 aromatic heterocycles. The molecule has 0 aromatic carbocycles. The van der Waals surface area contributed by atoms with Crippen LogP contribution in [0, 0.1) is 0 Å². The highest BCUT2D eigenvalue weighted by Crippen LogP contribution is 2.17. The molecule has 1 N–H and O–H groups in total. The summed E-state index contributed by atoms with van der Waals surface area (Å²) in [6.07, 6.45) is 10.5. The van der Waals surface area contributed by atoms with Crippen LogP contribution in [-0.2, 0) is 10.5 Å². The monoisotopic (exact) mass is 281 g/mol. The lowest BCUT2D eigenvalue weighted by Crippen LogP contribution is -2.36. The van der Waals surface area contributed by atoms with Gasteiger partial charge in [-0.15, -0.1) is 11.8 Å². The molecule has 2 rings (SSSR count). The Morgan fingerprint density at radius 1 is 1.26 bits per heavy atom. The van der Waals surface area contributed by atoms with Gasteiger partial charge < -0.3 is 9.73 Å². The molecule has 0 saturated heterocycles. The highest BCUT2D eigenvalue weighted by atomic mass is 32.2. The molecule has 0 atom stereocenters. The number of hydrogen-bond donors (Lipinski definition) is 1. The number of nitrogens with one attached hydrogen (secondary N) is 1. The van der Waals surface area contributed by atoms with Crippen LogP contribution in [0.3, 0.4) is 0 Å². The zero-order valence-corrected chi connectivity index (χ0v) is 12.2. The van der Waals surface area contributed by atoms with Crippen LogP contribution in [0.5, 0.6) is 0 Å². The van der Waals surface area contributed by atoms with Crippen LogP contribution >= 0.6 is 11.8 Å². The predicted octanol–water partition coefficient (Wildman–Crippen LogP) is 3.74. The molecular weight excluding hydrogens is 258 g/mol. The van der Waals surface area contributed by atoms with Crippen molar-refractivity contribution in [2.24, 2.45) is 0 Å². The Balaban J connectivity index is 1.62. The lowest BCUT2D eigenvalue weighted by atomic mass is 9.97. The van der Waals surface area contributed by atoms with Crippen molar-refractivity contribution in [2.75, 3.05) is 5.75 Å². The van der Waals surface area contributed by atoms with Gasteiger partial charge in [-0.1, -0.05) is 32.1 Å². The van der Waals surface area contributed by atoms with Crippen LogP contribution in [0.4, 0.5) is 0 Å². The summed E-state index contributed by atoms with van der Waals surface area (Å²) in [4.78, 5) is 11.9. The van der Waals surface area contributed by atoms with Crippen LogP contribution < -0.4 is 5.32 Å². The molecule has 4 heteroatoms. The Bertz CT molecular complexity index is 356. The fourth-order valence-corrected chi connectivity index (χ4v) is 3.25. The van der Waals surface area contributed by atoms with Gasteiger partial charge in [-0.25, -0.2) is 0 Å². The minimum absolute atomic E-state index is 0.169. The van der Waals surface area contributed by atoms with E-state index in [0.29, 0.717) is 11.8 Å². The number of rotatable bonds is 5. The fourth-order valence-electron chi connectivity index (χ4n) is 2.51. The smallest absolute Gasteiger partial charge is 0.230 e.